The molecule has 1 fully saturated rings. The average Bonchev–Trinajstić information content (AvgIpc) is 2.38. The molecule has 1 aliphatic rings. The smallest absolute Gasteiger partial charge is 0.342 e. The number of halogens is 3. The van der Waals surface area contributed by atoms with Gasteiger partial charge >= 0.3 is 6.18 Å². The molecule has 0 aromatic rings. The van der Waals surface area contributed by atoms with Crippen LogP contribution in [-0.4, -0.2) is 41.0 Å². The van der Waals surface area contributed by atoms with Gasteiger partial charge in [-0.15, -0.1) is 0 Å². The minimum Gasteiger partial charge on any atom is -0.342 e. The monoisotopic (exact) mass is 280 g/mol. The van der Waals surface area contributed by atoms with Crippen LogP contribution in [-0.2, 0) is 9.59 Å². The quantitative estimate of drug-likeness (QED) is 0.857. The minimum absolute atomic E-state index is 0.108. The largest absolute Gasteiger partial charge is 0.406 e. The van der Waals surface area contributed by atoms with Crippen molar-refractivity contribution in [2.75, 3.05) is 6.54 Å². The van der Waals surface area contributed by atoms with Gasteiger partial charge in [0, 0.05) is 12.5 Å². The molecular formula is C12H19F3N2O2. The fraction of sp³-hybridized carbons (Fsp3) is 0.833. The Bertz CT molecular complexity index is 364. The van der Waals surface area contributed by atoms with Crippen LogP contribution in [0.4, 0.5) is 13.2 Å². The highest BCUT2D eigenvalue weighted by Crippen LogP contribution is 2.27. The third-order valence-corrected chi connectivity index (χ3v) is 3.62. The van der Waals surface area contributed by atoms with E-state index in [1.54, 1.807) is 13.8 Å². The molecule has 4 nitrogen and oxygen atoms in total. The van der Waals surface area contributed by atoms with Crippen molar-refractivity contribution < 1.29 is 22.8 Å². The van der Waals surface area contributed by atoms with Crippen LogP contribution in [0.5, 0.6) is 0 Å². The Hall–Kier alpha value is -1.27. The lowest BCUT2D eigenvalue weighted by atomic mass is 9.91. The molecule has 1 unspecified atom stereocenters. The summed E-state index contributed by atoms with van der Waals surface area (Å²) in [4.78, 5) is 24.9. The van der Waals surface area contributed by atoms with Crippen molar-refractivity contribution in [3.8, 4) is 0 Å². The van der Waals surface area contributed by atoms with E-state index in [1.165, 1.54) is 6.92 Å². The fourth-order valence-corrected chi connectivity index (χ4v) is 2.37. The summed E-state index contributed by atoms with van der Waals surface area (Å²) in [5.74, 6) is -1.03. The molecular weight excluding hydrogens is 261 g/mol. The van der Waals surface area contributed by atoms with Gasteiger partial charge in [0.05, 0.1) is 0 Å². The lowest BCUT2D eigenvalue weighted by Crippen LogP contribution is -2.58. The molecule has 0 spiro atoms. The Morgan fingerprint density at radius 1 is 1.32 bits per heavy atom. The molecule has 0 radical (unpaired) electrons. The standard InChI is InChI=1S/C12H19F3N2O2/c1-4-11(5-2)10(19)17(7-12(13,14)15)8(3)6-9(18)16-11/h8H,4-7H2,1-3H3,(H,16,18). The highest BCUT2D eigenvalue weighted by molar-refractivity contribution is 5.94. The Kier molecular flexibility index (Phi) is 4.47. The second-order valence-electron chi connectivity index (χ2n) is 4.94. The summed E-state index contributed by atoms with van der Waals surface area (Å²) in [7, 11) is 0. The maximum atomic E-state index is 12.6. The molecule has 1 saturated heterocycles. The molecule has 19 heavy (non-hydrogen) atoms. The first-order valence-electron chi connectivity index (χ1n) is 6.34. The first-order chi connectivity index (χ1) is 8.65. The van der Waals surface area contributed by atoms with E-state index >= 15 is 0 Å². The molecule has 1 heterocycles. The number of nitrogens with zero attached hydrogens (tertiary/aromatic N) is 1. The zero-order chi connectivity index (χ0) is 14.8. The average molecular weight is 280 g/mol. The number of rotatable bonds is 3. The van der Waals surface area contributed by atoms with Crippen LogP contribution in [0.1, 0.15) is 40.0 Å². The van der Waals surface area contributed by atoms with Crippen molar-refractivity contribution in [3.63, 3.8) is 0 Å². The first kappa shape index (κ1) is 15.8. The van der Waals surface area contributed by atoms with Crippen LogP contribution in [0, 0.1) is 0 Å². The predicted octanol–water partition coefficient (Wildman–Crippen LogP) is 1.84. The zero-order valence-corrected chi connectivity index (χ0v) is 11.3. The van der Waals surface area contributed by atoms with E-state index in [0.717, 1.165) is 4.90 Å². The van der Waals surface area contributed by atoms with Gasteiger partial charge in [-0.05, 0) is 19.8 Å². The first-order valence-corrected chi connectivity index (χ1v) is 6.34. The second-order valence-corrected chi connectivity index (χ2v) is 4.94. The van der Waals surface area contributed by atoms with Gasteiger partial charge in [0.25, 0.3) is 0 Å². The van der Waals surface area contributed by atoms with Crippen molar-refractivity contribution in [2.45, 2.75) is 57.8 Å². The van der Waals surface area contributed by atoms with Gasteiger partial charge in [0.15, 0.2) is 0 Å². The molecule has 7 heteroatoms. The van der Waals surface area contributed by atoms with Crippen molar-refractivity contribution in [1.82, 2.24) is 10.2 Å². The number of carbonyl (C=O) groups is 2. The van der Waals surface area contributed by atoms with E-state index in [2.05, 4.69) is 5.32 Å². The number of nitrogens with one attached hydrogen (secondary N) is 1. The van der Waals surface area contributed by atoms with Crippen molar-refractivity contribution in [3.05, 3.63) is 0 Å². The highest BCUT2D eigenvalue weighted by atomic mass is 19.4. The number of hydrogen-bond donors (Lipinski definition) is 1. The van der Waals surface area contributed by atoms with Gasteiger partial charge in [0.2, 0.25) is 11.8 Å². The molecule has 0 aromatic heterocycles. The molecule has 2 amide bonds. The van der Waals surface area contributed by atoms with Gasteiger partial charge in [0.1, 0.15) is 12.1 Å². The van der Waals surface area contributed by atoms with E-state index in [9.17, 15) is 22.8 Å². The zero-order valence-electron chi connectivity index (χ0n) is 11.3. The molecule has 1 N–H and O–H groups in total. The lowest BCUT2D eigenvalue weighted by Gasteiger charge is -2.35. The maximum Gasteiger partial charge on any atom is 0.406 e. The molecule has 1 aliphatic heterocycles. The number of alkyl halides is 3. The molecule has 110 valence electrons. The van der Waals surface area contributed by atoms with Gasteiger partial charge in [-0.25, -0.2) is 0 Å². The van der Waals surface area contributed by atoms with E-state index in [4.69, 9.17) is 0 Å². The second kappa shape index (κ2) is 5.38. The minimum atomic E-state index is -4.47. The van der Waals surface area contributed by atoms with Crippen molar-refractivity contribution >= 4 is 11.8 Å². The van der Waals surface area contributed by atoms with Gasteiger partial charge in [-0.3, -0.25) is 9.59 Å². The Labute approximate surface area is 110 Å². The van der Waals surface area contributed by atoms with E-state index in [0.29, 0.717) is 0 Å². The van der Waals surface area contributed by atoms with Crippen molar-refractivity contribution in [2.24, 2.45) is 0 Å². The van der Waals surface area contributed by atoms with Crippen LogP contribution in [0.2, 0.25) is 0 Å². The molecule has 1 rings (SSSR count). The van der Waals surface area contributed by atoms with Gasteiger partial charge in [-0.1, -0.05) is 13.8 Å². The number of hydrogen-bond acceptors (Lipinski definition) is 2. The van der Waals surface area contributed by atoms with E-state index in [-0.39, 0.29) is 25.2 Å². The van der Waals surface area contributed by atoms with Crippen LogP contribution < -0.4 is 5.32 Å². The highest BCUT2D eigenvalue weighted by Gasteiger charge is 2.47. The van der Waals surface area contributed by atoms with E-state index in [1.807, 2.05) is 0 Å². The summed E-state index contributed by atoms with van der Waals surface area (Å²) in [6.45, 7) is 3.52. The van der Waals surface area contributed by atoms with Crippen LogP contribution in [0.3, 0.4) is 0 Å². The molecule has 0 bridgehead atoms. The summed E-state index contributed by atoms with van der Waals surface area (Å²) in [6, 6.07) is -0.755. The topological polar surface area (TPSA) is 49.4 Å². The molecule has 0 aliphatic carbocycles. The molecule has 0 saturated carbocycles. The molecule has 0 aromatic carbocycles. The Balaban J connectivity index is 3.13. The predicted molar refractivity (Wildman–Crippen MR) is 63.3 cm³/mol. The SMILES string of the molecule is CCC1(CC)NC(=O)CC(C)N(CC(F)(F)F)C1=O. The van der Waals surface area contributed by atoms with E-state index < -0.39 is 30.2 Å². The lowest BCUT2D eigenvalue weighted by molar-refractivity contribution is -0.168. The Morgan fingerprint density at radius 3 is 2.26 bits per heavy atom. The number of amides is 2. The third-order valence-electron chi connectivity index (χ3n) is 3.62. The summed E-state index contributed by atoms with van der Waals surface area (Å²) in [5, 5.41) is 2.59. The normalized spacial score (nSPS) is 24.1. The molecule has 1 atom stereocenters. The van der Waals surface area contributed by atoms with Crippen LogP contribution >= 0.6 is 0 Å². The number of carbonyl (C=O) groups excluding carboxylic acids is 2. The van der Waals surface area contributed by atoms with Gasteiger partial charge < -0.3 is 10.2 Å². The van der Waals surface area contributed by atoms with Crippen LogP contribution in [0.15, 0.2) is 0 Å². The summed E-state index contributed by atoms with van der Waals surface area (Å²) in [6.07, 6.45) is -4.03. The fourth-order valence-electron chi connectivity index (χ4n) is 2.37. The van der Waals surface area contributed by atoms with Crippen LogP contribution in [0.25, 0.3) is 0 Å². The van der Waals surface area contributed by atoms with Gasteiger partial charge in [-0.2, -0.15) is 13.2 Å². The summed E-state index contributed by atoms with van der Waals surface area (Å²) >= 11 is 0. The van der Waals surface area contributed by atoms with Crippen molar-refractivity contribution in [1.29, 1.82) is 0 Å². The maximum absolute atomic E-state index is 12.6. The third kappa shape index (κ3) is 3.39. The summed E-state index contributed by atoms with van der Waals surface area (Å²) in [5.41, 5.74) is -1.22. The summed E-state index contributed by atoms with van der Waals surface area (Å²) < 4.78 is 37.7. The Morgan fingerprint density at radius 2 is 1.84 bits per heavy atom.